The molecule has 84 valence electrons. The van der Waals surface area contributed by atoms with Crippen LogP contribution in [0, 0.1) is 5.92 Å². The van der Waals surface area contributed by atoms with Crippen LogP contribution in [0.4, 0.5) is 0 Å². The molecule has 3 nitrogen and oxygen atoms in total. The van der Waals surface area contributed by atoms with Gasteiger partial charge in [-0.3, -0.25) is 4.98 Å². The van der Waals surface area contributed by atoms with Crippen LogP contribution < -0.4 is 5.32 Å². The maximum absolute atomic E-state index is 4.24. The van der Waals surface area contributed by atoms with Crippen LogP contribution in [-0.2, 0) is 0 Å². The number of thioether (sulfide) groups is 1. The van der Waals surface area contributed by atoms with E-state index >= 15 is 0 Å². The molecule has 15 heavy (non-hydrogen) atoms. The second-order valence-electron chi connectivity index (χ2n) is 3.76. The quantitative estimate of drug-likeness (QED) is 0.753. The fourth-order valence-electron chi connectivity index (χ4n) is 1.28. The Balaban J connectivity index is 2.40. The Labute approximate surface area is 96.1 Å². The second-order valence-corrected chi connectivity index (χ2v) is 4.80. The van der Waals surface area contributed by atoms with E-state index in [0.29, 0.717) is 12.0 Å². The molecule has 1 rings (SSSR count). The highest BCUT2D eigenvalue weighted by atomic mass is 32.2. The lowest BCUT2D eigenvalue weighted by Gasteiger charge is -2.20. The van der Waals surface area contributed by atoms with E-state index < -0.39 is 0 Å². The number of hydrogen-bond donors (Lipinski definition) is 1. The van der Waals surface area contributed by atoms with Gasteiger partial charge in [0, 0.05) is 24.2 Å². The molecule has 0 amide bonds. The summed E-state index contributed by atoms with van der Waals surface area (Å²) >= 11 is 1.76. The SMILES string of the molecule is CCNC(CSc1cnccn1)C(C)C. The minimum absolute atomic E-state index is 0.544. The molecule has 0 aliphatic carbocycles. The van der Waals surface area contributed by atoms with Gasteiger partial charge < -0.3 is 5.32 Å². The third kappa shape index (κ3) is 4.62. The minimum Gasteiger partial charge on any atom is -0.313 e. The molecule has 0 aromatic carbocycles. The van der Waals surface area contributed by atoms with Crippen LogP contribution in [0.5, 0.6) is 0 Å². The summed E-state index contributed by atoms with van der Waals surface area (Å²) in [5.41, 5.74) is 0. The third-order valence-electron chi connectivity index (χ3n) is 2.22. The smallest absolute Gasteiger partial charge is 0.114 e. The van der Waals surface area contributed by atoms with Crippen LogP contribution in [0.25, 0.3) is 0 Å². The van der Waals surface area contributed by atoms with Crippen LogP contribution in [0.1, 0.15) is 20.8 Å². The van der Waals surface area contributed by atoms with Gasteiger partial charge in [0.25, 0.3) is 0 Å². The summed E-state index contributed by atoms with van der Waals surface area (Å²) in [7, 11) is 0. The Morgan fingerprint density at radius 1 is 1.40 bits per heavy atom. The monoisotopic (exact) mass is 225 g/mol. The molecule has 0 spiro atoms. The molecule has 1 atom stereocenters. The molecular formula is C11H19N3S. The molecule has 0 fully saturated rings. The van der Waals surface area contributed by atoms with Crippen molar-refractivity contribution in [2.24, 2.45) is 5.92 Å². The summed E-state index contributed by atoms with van der Waals surface area (Å²) in [5.74, 6) is 1.69. The Kier molecular flexibility index (Phi) is 5.65. The van der Waals surface area contributed by atoms with Crippen LogP contribution in [-0.4, -0.2) is 28.3 Å². The van der Waals surface area contributed by atoms with Gasteiger partial charge in [-0.25, -0.2) is 4.98 Å². The topological polar surface area (TPSA) is 37.8 Å². The van der Waals surface area contributed by atoms with Crippen LogP contribution in [0.2, 0.25) is 0 Å². The summed E-state index contributed by atoms with van der Waals surface area (Å²) in [6.07, 6.45) is 5.25. The van der Waals surface area contributed by atoms with Gasteiger partial charge in [0.2, 0.25) is 0 Å². The standard InChI is InChI=1S/C11H19N3S/c1-4-13-10(9(2)3)8-15-11-7-12-5-6-14-11/h5-7,9-10,13H,4,8H2,1-3H3. The van der Waals surface area contributed by atoms with E-state index in [2.05, 4.69) is 36.1 Å². The van der Waals surface area contributed by atoms with Gasteiger partial charge in [0.15, 0.2) is 0 Å². The predicted octanol–water partition coefficient (Wildman–Crippen LogP) is 2.20. The molecule has 0 saturated heterocycles. The number of nitrogens with one attached hydrogen (secondary N) is 1. The summed E-state index contributed by atoms with van der Waals surface area (Å²) in [5, 5.41) is 4.48. The zero-order valence-electron chi connectivity index (χ0n) is 9.60. The van der Waals surface area contributed by atoms with Gasteiger partial charge in [-0.15, -0.1) is 11.8 Å². The highest BCUT2D eigenvalue weighted by Gasteiger charge is 2.12. The third-order valence-corrected chi connectivity index (χ3v) is 3.25. The Morgan fingerprint density at radius 2 is 2.20 bits per heavy atom. The lowest BCUT2D eigenvalue weighted by atomic mass is 10.1. The molecule has 1 N–H and O–H groups in total. The fourth-order valence-corrected chi connectivity index (χ4v) is 2.41. The van der Waals surface area contributed by atoms with Gasteiger partial charge >= 0.3 is 0 Å². The average molecular weight is 225 g/mol. The summed E-state index contributed by atoms with van der Waals surface area (Å²) in [6.45, 7) is 7.64. The molecule has 1 aromatic heterocycles. The maximum atomic E-state index is 4.24. The highest BCUT2D eigenvalue weighted by Crippen LogP contribution is 2.17. The summed E-state index contributed by atoms with van der Waals surface area (Å²) in [4.78, 5) is 8.29. The Morgan fingerprint density at radius 3 is 2.73 bits per heavy atom. The first-order valence-electron chi connectivity index (χ1n) is 5.36. The van der Waals surface area contributed by atoms with Crippen molar-refractivity contribution in [1.82, 2.24) is 15.3 Å². The number of aromatic nitrogens is 2. The zero-order valence-corrected chi connectivity index (χ0v) is 10.4. The highest BCUT2D eigenvalue weighted by molar-refractivity contribution is 7.99. The van der Waals surface area contributed by atoms with Gasteiger partial charge in [0.05, 0.1) is 6.20 Å². The molecule has 0 aliphatic rings. The number of hydrogen-bond acceptors (Lipinski definition) is 4. The van der Waals surface area contributed by atoms with E-state index in [9.17, 15) is 0 Å². The van der Waals surface area contributed by atoms with Crippen LogP contribution in [0.3, 0.4) is 0 Å². The van der Waals surface area contributed by atoms with Crippen molar-refractivity contribution in [3.8, 4) is 0 Å². The van der Waals surface area contributed by atoms with E-state index in [1.807, 2.05) is 6.20 Å². The van der Waals surface area contributed by atoms with Gasteiger partial charge in [-0.05, 0) is 12.5 Å². The summed E-state index contributed by atoms with van der Waals surface area (Å²) < 4.78 is 0. The normalized spacial score (nSPS) is 13.1. The van der Waals surface area contributed by atoms with Gasteiger partial charge in [-0.1, -0.05) is 20.8 Å². The molecule has 0 aliphatic heterocycles. The molecule has 0 saturated carbocycles. The van der Waals surface area contributed by atoms with Crippen molar-refractivity contribution < 1.29 is 0 Å². The minimum atomic E-state index is 0.544. The molecule has 1 unspecified atom stereocenters. The van der Waals surface area contributed by atoms with Crippen molar-refractivity contribution in [1.29, 1.82) is 0 Å². The molecule has 1 aromatic rings. The van der Waals surface area contributed by atoms with Crippen molar-refractivity contribution in [2.75, 3.05) is 12.3 Å². The Hall–Kier alpha value is -0.610. The number of rotatable bonds is 6. The average Bonchev–Trinajstić information content (AvgIpc) is 2.25. The van der Waals surface area contributed by atoms with Crippen LogP contribution >= 0.6 is 11.8 Å². The van der Waals surface area contributed by atoms with Gasteiger partial charge in [0.1, 0.15) is 5.03 Å². The predicted molar refractivity (Wildman–Crippen MR) is 65.1 cm³/mol. The first-order chi connectivity index (χ1) is 7.24. The second kappa shape index (κ2) is 6.80. The molecule has 1 heterocycles. The van der Waals surface area contributed by atoms with Crippen LogP contribution in [0.15, 0.2) is 23.6 Å². The van der Waals surface area contributed by atoms with Crippen molar-refractivity contribution >= 4 is 11.8 Å². The van der Waals surface area contributed by atoms with E-state index in [1.165, 1.54) is 0 Å². The lowest BCUT2D eigenvalue weighted by Crippen LogP contribution is -2.35. The first-order valence-corrected chi connectivity index (χ1v) is 6.34. The molecule has 0 radical (unpaired) electrons. The molecule has 4 heteroatoms. The van der Waals surface area contributed by atoms with Crippen molar-refractivity contribution in [3.63, 3.8) is 0 Å². The largest absolute Gasteiger partial charge is 0.313 e. The number of nitrogens with zero attached hydrogens (tertiary/aromatic N) is 2. The fraction of sp³-hybridized carbons (Fsp3) is 0.636. The van der Waals surface area contributed by atoms with Gasteiger partial charge in [-0.2, -0.15) is 0 Å². The van der Waals surface area contributed by atoms with E-state index in [0.717, 1.165) is 17.3 Å². The van der Waals surface area contributed by atoms with Crippen molar-refractivity contribution in [3.05, 3.63) is 18.6 Å². The first kappa shape index (κ1) is 12.5. The molecular weight excluding hydrogens is 206 g/mol. The molecule has 0 bridgehead atoms. The summed E-state index contributed by atoms with van der Waals surface area (Å²) in [6, 6.07) is 0.544. The maximum Gasteiger partial charge on any atom is 0.114 e. The van der Waals surface area contributed by atoms with E-state index in [1.54, 1.807) is 24.2 Å². The lowest BCUT2D eigenvalue weighted by molar-refractivity contribution is 0.443. The zero-order chi connectivity index (χ0) is 11.1. The van der Waals surface area contributed by atoms with E-state index in [4.69, 9.17) is 0 Å². The van der Waals surface area contributed by atoms with Crippen molar-refractivity contribution in [2.45, 2.75) is 31.8 Å². The van der Waals surface area contributed by atoms with E-state index in [-0.39, 0.29) is 0 Å². The Bertz CT molecular complexity index is 264.